The first-order valence-electron chi connectivity index (χ1n) is 26.3. The molecule has 0 N–H and O–H groups in total. The van der Waals surface area contributed by atoms with Gasteiger partial charge in [0, 0.05) is 67.4 Å². The molecule has 0 radical (unpaired) electrons. The Kier molecular flexibility index (Phi) is 9.52. The van der Waals surface area contributed by atoms with E-state index >= 15 is 0 Å². The van der Waals surface area contributed by atoms with Crippen molar-refractivity contribution in [3.05, 3.63) is 229 Å². The molecule has 11 aromatic rings. The first-order valence-corrected chi connectivity index (χ1v) is 26.3. The summed E-state index contributed by atoms with van der Waals surface area (Å²) in [6, 6.07) is 77.6. The van der Waals surface area contributed by atoms with Crippen LogP contribution in [-0.4, -0.2) is 6.71 Å². The molecular formula is C69H58BN3O. The number of rotatable bonds is 5. The van der Waals surface area contributed by atoms with Gasteiger partial charge in [-0.15, -0.1) is 0 Å². The lowest BCUT2D eigenvalue weighted by atomic mass is 9.33. The lowest BCUT2D eigenvalue weighted by Crippen LogP contribution is -2.61. The quantitative estimate of drug-likeness (QED) is 0.160. The maximum absolute atomic E-state index is 6.41. The highest BCUT2D eigenvalue weighted by Gasteiger charge is 2.46. The van der Waals surface area contributed by atoms with Crippen molar-refractivity contribution >= 4 is 107 Å². The van der Waals surface area contributed by atoms with Crippen LogP contribution in [0.15, 0.2) is 211 Å². The van der Waals surface area contributed by atoms with Gasteiger partial charge in [-0.25, -0.2) is 0 Å². The summed E-state index contributed by atoms with van der Waals surface area (Å²) in [5.41, 5.74) is 23.9. The Hall–Kier alpha value is -8.28. The predicted molar refractivity (Wildman–Crippen MR) is 315 cm³/mol. The van der Waals surface area contributed by atoms with E-state index in [4.69, 9.17) is 4.42 Å². The van der Waals surface area contributed by atoms with Crippen molar-refractivity contribution in [2.75, 3.05) is 14.7 Å². The third-order valence-corrected chi connectivity index (χ3v) is 16.5. The van der Waals surface area contributed by atoms with Gasteiger partial charge in [0.2, 0.25) is 0 Å². The van der Waals surface area contributed by atoms with Crippen LogP contribution in [0.3, 0.4) is 0 Å². The molecule has 0 atom stereocenters. The molecule has 4 nitrogen and oxygen atoms in total. The van der Waals surface area contributed by atoms with Gasteiger partial charge in [-0.2, -0.15) is 0 Å². The summed E-state index contributed by atoms with van der Waals surface area (Å²) in [6.07, 6.45) is 0. The largest absolute Gasteiger partial charge is 0.456 e. The van der Waals surface area contributed by atoms with Gasteiger partial charge in [0.25, 0.3) is 6.71 Å². The monoisotopic (exact) mass is 955 g/mol. The molecule has 3 aliphatic rings. The molecule has 0 spiro atoms. The van der Waals surface area contributed by atoms with E-state index in [-0.39, 0.29) is 23.0 Å². The Morgan fingerprint density at radius 2 is 0.986 bits per heavy atom. The Morgan fingerprint density at radius 3 is 1.69 bits per heavy atom. The molecule has 0 unspecified atom stereocenters. The fraction of sp³-hybridized carbons (Fsp3) is 0.159. The van der Waals surface area contributed by atoms with Crippen LogP contribution in [0.4, 0.5) is 51.2 Å². The first-order chi connectivity index (χ1) is 35.7. The van der Waals surface area contributed by atoms with Gasteiger partial charge >= 0.3 is 0 Å². The maximum atomic E-state index is 6.41. The topological polar surface area (TPSA) is 22.9 Å². The summed E-state index contributed by atoms with van der Waals surface area (Å²) < 4.78 is 6.41. The molecule has 14 rings (SSSR count). The maximum Gasteiger partial charge on any atom is 0.252 e. The van der Waals surface area contributed by atoms with Crippen LogP contribution >= 0.6 is 0 Å². The minimum absolute atomic E-state index is 0.00444. The Labute approximate surface area is 435 Å². The van der Waals surface area contributed by atoms with Crippen LogP contribution in [0, 0.1) is 0 Å². The molecule has 5 heteroatoms. The molecule has 358 valence electrons. The summed E-state index contributed by atoms with van der Waals surface area (Å²) in [6.45, 7) is 18.5. The summed E-state index contributed by atoms with van der Waals surface area (Å²) >= 11 is 0. The standard InChI is InChI=1S/C69H58BN3O/c1-67(2,3)45-25-30-47(31-26-45)72-60-21-15-22-61-66(60)70(59-41-54-52-18-11-13-20-56(52)69(7,8)57(54)42-63(59)73(61)48-32-27-46(28-33-48)68(4,5)6)58-36-34-51(40-62(58)72)71(49-29-24-43-16-9-10-17-44(43)38-49)50-35-37-65-55(39-50)53-19-12-14-23-64(53)74-65/h9-42H,1-8H3. The minimum atomic E-state index is -0.168. The van der Waals surface area contributed by atoms with E-state index in [1.54, 1.807) is 0 Å². The Balaban J connectivity index is 1.04. The van der Waals surface area contributed by atoms with Gasteiger partial charge in [-0.3, -0.25) is 0 Å². The Morgan fingerprint density at radius 1 is 0.419 bits per heavy atom. The third-order valence-electron chi connectivity index (χ3n) is 16.5. The molecule has 74 heavy (non-hydrogen) atoms. The summed E-state index contributed by atoms with van der Waals surface area (Å²) in [5, 5.41) is 4.61. The lowest BCUT2D eigenvalue weighted by Gasteiger charge is -2.45. The molecule has 3 heterocycles. The van der Waals surface area contributed by atoms with Crippen molar-refractivity contribution in [3.8, 4) is 11.1 Å². The average Bonchev–Trinajstić information content (AvgIpc) is 3.88. The molecule has 0 saturated heterocycles. The van der Waals surface area contributed by atoms with Crippen molar-refractivity contribution in [1.82, 2.24) is 0 Å². The zero-order chi connectivity index (χ0) is 50.4. The molecule has 0 bridgehead atoms. The molecule has 0 saturated carbocycles. The first kappa shape index (κ1) is 44.4. The minimum Gasteiger partial charge on any atom is -0.456 e. The second kappa shape index (κ2) is 15.9. The zero-order valence-corrected chi connectivity index (χ0v) is 43.5. The van der Waals surface area contributed by atoms with Gasteiger partial charge < -0.3 is 19.1 Å². The highest BCUT2D eigenvalue weighted by Crippen LogP contribution is 2.53. The normalized spacial score (nSPS) is 14.2. The highest BCUT2D eigenvalue weighted by atomic mass is 16.3. The van der Waals surface area contributed by atoms with Gasteiger partial charge in [-0.05, 0) is 162 Å². The number of nitrogens with zero attached hydrogens (tertiary/aromatic N) is 3. The molecule has 1 aliphatic carbocycles. The van der Waals surface area contributed by atoms with E-state index in [0.717, 1.165) is 56.1 Å². The van der Waals surface area contributed by atoms with Crippen LogP contribution in [0.5, 0.6) is 0 Å². The van der Waals surface area contributed by atoms with Crippen molar-refractivity contribution < 1.29 is 4.42 Å². The van der Waals surface area contributed by atoms with E-state index < -0.39 is 0 Å². The van der Waals surface area contributed by atoms with Crippen molar-refractivity contribution in [1.29, 1.82) is 0 Å². The van der Waals surface area contributed by atoms with E-state index in [1.807, 2.05) is 6.07 Å². The van der Waals surface area contributed by atoms with Crippen molar-refractivity contribution in [3.63, 3.8) is 0 Å². The number of anilines is 9. The van der Waals surface area contributed by atoms with Crippen LogP contribution in [0.2, 0.25) is 0 Å². The van der Waals surface area contributed by atoms with Gasteiger partial charge in [-0.1, -0.05) is 171 Å². The van der Waals surface area contributed by atoms with Crippen LogP contribution < -0.4 is 31.1 Å². The van der Waals surface area contributed by atoms with Crippen LogP contribution in [0.25, 0.3) is 43.8 Å². The van der Waals surface area contributed by atoms with Gasteiger partial charge in [0.15, 0.2) is 0 Å². The number of para-hydroxylation sites is 1. The number of fused-ring (bicyclic) bond motifs is 11. The third kappa shape index (κ3) is 6.68. The molecule has 2 aliphatic heterocycles. The number of benzene rings is 10. The van der Waals surface area contributed by atoms with E-state index in [2.05, 4.69) is 270 Å². The Bertz CT molecular complexity index is 4090. The summed E-state index contributed by atoms with van der Waals surface area (Å²) in [4.78, 5) is 7.54. The van der Waals surface area contributed by atoms with Gasteiger partial charge in [0.05, 0.1) is 0 Å². The van der Waals surface area contributed by atoms with Crippen molar-refractivity contribution in [2.24, 2.45) is 0 Å². The molecule has 1 aromatic heterocycles. The molecule has 0 fully saturated rings. The van der Waals surface area contributed by atoms with Crippen LogP contribution in [0.1, 0.15) is 77.6 Å². The fourth-order valence-corrected chi connectivity index (χ4v) is 12.6. The molecule has 0 amide bonds. The zero-order valence-electron chi connectivity index (χ0n) is 43.5. The summed E-state index contributed by atoms with van der Waals surface area (Å²) in [7, 11) is 0. The van der Waals surface area contributed by atoms with Crippen LogP contribution in [-0.2, 0) is 16.2 Å². The smallest absolute Gasteiger partial charge is 0.252 e. The number of hydrogen-bond acceptors (Lipinski definition) is 4. The highest BCUT2D eigenvalue weighted by molar-refractivity contribution is 7.00. The lowest BCUT2D eigenvalue weighted by molar-refractivity contribution is 0.590. The second-order valence-corrected chi connectivity index (χ2v) is 23.4. The van der Waals surface area contributed by atoms with E-state index in [9.17, 15) is 0 Å². The summed E-state index contributed by atoms with van der Waals surface area (Å²) in [5.74, 6) is 0. The predicted octanol–water partition coefficient (Wildman–Crippen LogP) is 17.2. The average molecular weight is 956 g/mol. The number of furan rings is 1. The SMILES string of the molecule is CC(C)(C)c1ccc(N2c3cc(N(c4ccc5ccccc5c4)c4ccc5oc6ccccc6c5c4)ccc3B3c4cc5c(cc4N(c4ccc(C(C)(C)C)cc4)c4cccc2c43)C(C)(C)c2ccccc2-5)cc1. The number of hydrogen-bond donors (Lipinski definition) is 0. The van der Waals surface area contributed by atoms with E-state index in [1.165, 1.54) is 77.6 Å². The second-order valence-electron chi connectivity index (χ2n) is 23.4. The molecule has 10 aromatic carbocycles. The van der Waals surface area contributed by atoms with Crippen molar-refractivity contribution in [2.45, 2.75) is 71.6 Å². The molecular weight excluding hydrogens is 898 g/mol. The van der Waals surface area contributed by atoms with E-state index in [0.29, 0.717) is 0 Å². The van der Waals surface area contributed by atoms with Gasteiger partial charge in [0.1, 0.15) is 11.2 Å². The fourth-order valence-electron chi connectivity index (χ4n) is 12.6.